The van der Waals surface area contributed by atoms with Gasteiger partial charge in [0.2, 0.25) is 0 Å². The maximum atomic E-state index is 11.7. The Kier molecular flexibility index (Phi) is 5.47. The molecule has 1 saturated carbocycles. The van der Waals surface area contributed by atoms with Gasteiger partial charge in [0.1, 0.15) is 5.60 Å². The lowest BCUT2D eigenvalue weighted by Gasteiger charge is -2.30. The average Bonchev–Trinajstić information content (AvgIpc) is 3.00. The van der Waals surface area contributed by atoms with Crippen molar-refractivity contribution < 1.29 is 9.53 Å². The van der Waals surface area contributed by atoms with Gasteiger partial charge < -0.3 is 15.4 Å². The van der Waals surface area contributed by atoms with E-state index >= 15 is 0 Å². The molecule has 1 rings (SSSR count). The summed E-state index contributed by atoms with van der Waals surface area (Å²) in [4.78, 5) is 11.7. The van der Waals surface area contributed by atoms with Crippen LogP contribution in [-0.2, 0) is 4.74 Å². The number of hydrogen-bond donors (Lipinski definition) is 2. The van der Waals surface area contributed by atoms with Gasteiger partial charge in [-0.2, -0.15) is 0 Å². The second-order valence-corrected chi connectivity index (χ2v) is 7.78. The number of hydrogen-bond acceptors (Lipinski definition) is 3. The first-order valence-corrected chi connectivity index (χ1v) is 7.76. The molecule has 1 amide bonds. The fourth-order valence-corrected chi connectivity index (χ4v) is 2.15. The van der Waals surface area contributed by atoms with Gasteiger partial charge >= 0.3 is 6.09 Å². The van der Waals surface area contributed by atoms with E-state index in [1.165, 1.54) is 12.8 Å². The summed E-state index contributed by atoms with van der Waals surface area (Å²) in [5.74, 6) is 0.467. The molecule has 0 aromatic carbocycles. The number of rotatable bonds is 6. The molecule has 4 heteroatoms. The van der Waals surface area contributed by atoms with Crippen molar-refractivity contribution in [2.24, 2.45) is 11.3 Å². The maximum absolute atomic E-state index is 11.7. The van der Waals surface area contributed by atoms with Gasteiger partial charge in [0.05, 0.1) is 0 Å². The summed E-state index contributed by atoms with van der Waals surface area (Å²) in [7, 11) is 0. The lowest BCUT2D eigenvalue weighted by Crippen LogP contribution is -2.50. The molecule has 1 aliphatic rings. The quantitative estimate of drug-likeness (QED) is 0.786. The monoisotopic (exact) mass is 284 g/mol. The van der Waals surface area contributed by atoms with Crippen LogP contribution in [0.2, 0.25) is 0 Å². The fraction of sp³-hybridized carbons (Fsp3) is 0.938. The zero-order chi connectivity index (χ0) is 15.6. The average molecular weight is 284 g/mol. The Morgan fingerprint density at radius 1 is 1.25 bits per heavy atom. The number of carbonyl (C=O) groups is 1. The van der Waals surface area contributed by atoms with Crippen LogP contribution in [0.3, 0.4) is 0 Å². The number of alkyl carbamates (subject to hydrolysis) is 1. The molecule has 0 bridgehead atoms. The largest absolute Gasteiger partial charge is 0.444 e. The molecule has 118 valence electrons. The van der Waals surface area contributed by atoms with Crippen molar-refractivity contribution in [3.05, 3.63) is 0 Å². The van der Waals surface area contributed by atoms with Crippen LogP contribution >= 0.6 is 0 Å². The Morgan fingerprint density at radius 2 is 1.80 bits per heavy atom. The predicted molar refractivity (Wildman–Crippen MR) is 82.8 cm³/mol. The van der Waals surface area contributed by atoms with Crippen LogP contribution in [0.5, 0.6) is 0 Å². The van der Waals surface area contributed by atoms with E-state index in [0.717, 1.165) is 0 Å². The first kappa shape index (κ1) is 17.3. The Bertz CT molecular complexity index is 330. The molecule has 0 aromatic rings. The topological polar surface area (TPSA) is 50.4 Å². The van der Waals surface area contributed by atoms with E-state index in [-0.39, 0.29) is 12.1 Å². The Hall–Kier alpha value is -0.770. The minimum atomic E-state index is -0.445. The highest BCUT2D eigenvalue weighted by Gasteiger charge is 2.43. The number of carbonyl (C=O) groups excluding carboxylic acids is 1. The Morgan fingerprint density at radius 3 is 2.20 bits per heavy atom. The van der Waals surface area contributed by atoms with Gasteiger partial charge in [-0.25, -0.2) is 4.79 Å². The summed E-state index contributed by atoms with van der Waals surface area (Å²) in [5.41, 5.74) is -0.00131. The summed E-state index contributed by atoms with van der Waals surface area (Å²) in [6.45, 7) is 15.2. The van der Waals surface area contributed by atoms with Crippen LogP contribution < -0.4 is 10.6 Å². The standard InChI is InChI=1S/C16H32N2O2/c1-11(2)13(18-12(3)16(7)8-9-16)10-17-14(19)20-15(4,5)6/h11-13,18H,8-10H2,1-7H3,(H,17,19). The van der Waals surface area contributed by atoms with Crippen LogP contribution in [-0.4, -0.2) is 30.3 Å². The molecule has 0 saturated heterocycles. The van der Waals surface area contributed by atoms with E-state index in [4.69, 9.17) is 4.74 Å². The van der Waals surface area contributed by atoms with Crippen LogP contribution in [0.25, 0.3) is 0 Å². The van der Waals surface area contributed by atoms with Gasteiger partial charge in [-0.1, -0.05) is 20.8 Å². The van der Waals surface area contributed by atoms with Crippen molar-refractivity contribution in [3.8, 4) is 0 Å². The lowest BCUT2D eigenvalue weighted by atomic mass is 9.96. The van der Waals surface area contributed by atoms with E-state index < -0.39 is 5.60 Å². The molecule has 0 aliphatic heterocycles. The van der Waals surface area contributed by atoms with Crippen LogP contribution in [0.4, 0.5) is 4.79 Å². The molecule has 0 radical (unpaired) electrons. The zero-order valence-corrected chi connectivity index (χ0v) is 14.2. The van der Waals surface area contributed by atoms with Crippen molar-refractivity contribution in [1.82, 2.24) is 10.6 Å². The van der Waals surface area contributed by atoms with E-state index in [0.29, 0.717) is 23.9 Å². The smallest absolute Gasteiger partial charge is 0.407 e. The summed E-state index contributed by atoms with van der Waals surface area (Å²) in [6, 6.07) is 0.755. The van der Waals surface area contributed by atoms with Gasteiger partial charge in [0.15, 0.2) is 0 Å². The second kappa shape index (κ2) is 6.33. The summed E-state index contributed by atoms with van der Waals surface area (Å²) in [6.07, 6.45) is 2.26. The molecule has 4 nitrogen and oxygen atoms in total. The molecule has 2 N–H and O–H groups in total. The molecule has 1 aliphatic carbocycles. The number of nitrogens with one attached hydrogen (secondary N) is 2. The SMILES string of the molecule is CC(C)C(CNC(=O)OC(C)(C)C)NC(C)C1(C)CC1. The molecule has 0 aromatic heterocycles. The molecule has 2 unspecified atom stereocenters. The molecule has 2 atom stereocenters. The lowest BCUT2D eigenvalue weighted by molar-refractivity contribution is 0.0517. The number of ether oxygens (including phenoxy) is 1. The molecule has 20 heavy (non-hydrogen) atoms. The van der Waals surface area contributed by atoms with Gasteiger partial charge in [-0.05, 0) is 51.9 Å². The summed E-state index contributed by atoms with van der Waals surface area (Å²) in [5, 5.41) is 6.54. The summed E-state index contributed by atoms with van der Waals surface area (Å²) >= 11 is 0. The fourth-order valence-electron chi connectivity index (χ4n) is 2.15. The van der Waals surface area contributed by atoms with Gasteiger partial charge in [0, 0.05) is 18.6 Å². The van der Waals surface area contributed by atoms with Crippen molar-refractivity contribution in [1.29, 1.82) is 0 Å². The molecule has 0 spiro atoms. The van der Waals surface area contributed by atoms with Gasteiger partial charge in [-0.15, -0.1) is 0 Å². The molecule has 1 fully saturated rings. The van der Waals surface area contributed by atoms with E-state index in [1.54, 1.807) is 0 Å². The molecule has 0 heterocycles. The Labute approximate surface area is 124 Å². The molecular formula is C16H32N2O2. The zero-order valence-electron chi connectivity index (χ0n) is 14.2. The van der Waals surface area contributed by atoms with E-state index in [1.807, 2.05) is 20.8 Å². The first-order valence-electron chi connectivity index (χ1n) is 7.76. The highest BCUT2D eigenvalue weighted by molar-refractivity contribution is 5.67. The van der Waals surface area contributed by atoms with Crippen LogP contribution in [0, 0.1) is 11.3 Å². The second-order valence-electron chi connectivity index (χ2n) is 7.78. The normalized spacial score (nSPS) is 20.4. The van der Waals surface area contributed by atoms with Crippen molar-refractivity contribution in [2.75, 3.05) is 6.54 Å². The van der Waals surface area contributed by atoms with Crippen molar-refractivity contribution in [2.45, 2.75) is 79.0 Å². The minimum Gasteiger partial charge on any atom is -0.444 e. The Balaban J connectivity index is 2.41. The van der Waals surface area contributed by atoms with Gasteiger partial charge in [0.25, 0.3) is 0 Å². The van der Waals surface area contributed by atoms with E-state index in [2.05, 4.69) is 38.3 Å². The number of amides is 1. The van der Waals surface area contributed by atoms with Crippen molar-refractivity contribution >= 4 is 6.09 Å². The summed E-state index contributed by atoms with van der Waals surface area (Å²) < 4.78 is 5.27. The highest BCUT2D eigenvalue weighted by Crippen LogP contribution is 2.48. The van der Waals surface area contributed by atoms with Gasteiger partial charge in [-0.3, -0.25) is 0 Å². The van der Waals surface area contributed by atoms with Crippen LogP contribution in [0.15, 0.2) is 0 Å². The minimum absolute atomic E-state index is 0.273. The molecular weight excluding hydrogens is 252 g/mol. The third kappa shape index (κ3) is 5.70. The first-order chi connectivity index (χ1) is 9.03. The van der Waals surface area contributed by atoms with E-state index in [9.17, 15) is 4.79 Å². The van der Waals surface area contributed by atoms with Crippen molar-refractivity contribution in [3.63, 3.8) is 0 Å². The maximum Gasteiger partial charge on any atom is 0.407 e. The third-order valence-electron chi connectivity index (χ3n) is 4.22. The van der Waals surface area contributed by atoms with Crippen LogP contribution in [0.1, 0.15) is 61.3 Å². The highest BCUT2D eigenvalue weighted by atomic mass is 16.6. The third-order valence-corrected chi connectivity index (χ3v) is 4.22. The predicted octanol–water partition coefficient (Wildman–Crippen LogP) is 3.31.